The third kappa shape index (κ3) is 2.39. The number of aromatic nitrogens is 1. The summed E-state index contributed by atoms with van der Waals surface area (Å²) in [7, 11) is 0. The third-order valence-electron chi connectivity index (χ3n) is 4.36. The molecule has 0 radical (unpaired) electrons. The lowest BCUT2D eigenvalue weighted by Gasteiger charge is -2.38. The van der Waals surface area contributed by atoms with Crippen LogP contribution in [0.15, 0.2) is 12.1 Å². The Hall–Kier alpha value is -1.62. The van der Waals surface area contributed by atoms with Crippen LogP contribution in [-0.2, 0) is 0 Å². The number of amides is 1. The second kappa shape index (κ2) is 5.30. The van der Waals surface area contributed by atoms with Gasteiger partial charge >= 0.3 is 0 Å². The minimum Gasteiger partial charge on any atom is -0.397 e. The van der Waals surface area contributed by atoms with Gasteiger partial charge in [0.05, 0.1) is 5.69 Å². The van der Waals surface area contributed by atoms with Crippen molar-refractivity contribution in [2.24, 2.45) is 0 Å². The molecule has 3 rings (SSSR count). The van der Waals surface area contributed by atoms with Crippen molar-refractivity contribution in [1.82, 2.24) is 9.88 Å². The average molecular weight is 303 g/mol. The number of piperidine rings is 1. The number of nitrogens with two attached hydrogens (primary N) is 1. The molecule has 1 amide bonds. The number of hydrogen-bond acceptors (Lipinski definition) is 4. The monoisotopic (exact) mass is 303 g/mol. The highest BCUT2D eigenvalue weighted by Crippen LogP contribution is 2.35. The van der Waals surface area contributed by atoms with Gasteiger partial charge in [-0.15, -0.1) is 11.3 Å². The van der Waals surface area contributed by atoms with E-state index in [1.54, 1.807) is 0 Å². The van der Waals surface area contributed by atoms with Crippen LogP contribution in [-0.4, -0.2) is 27.9 Å². The van der Waals surface area contributed by atoms with E-state index in [2.05, 4.69) is 18.8 Å². The number of carbonyl (C=O) groups excluding carboxylic acids is 1. The Morgan fingerprint density at radius 1 is 1.33 bits per heavy atom. The van der Waals surface area contributed by atoms with Gasteiger partial charge in [-0.1, -0.05) is 0 Å². The fourth-order valence-electron chi connectivity index (χ4n) is 3.19. The summed E-state index contributed by atoms with van der Waals surface area (Å²) in [5.74, 6) is 0.0628. The molecule has 1 aliphatic heterocycles. The number of aryl methyl sites for hydroxylation is 1. The van der Waals surface area contributed by atoms with Crippen molar-refractivity contribution in [2.75, 3.05) is 5.73 Å². The normalized spacial score (nSPS) is 22.7. The van der Waals surface area contributed by atoms with Gasteiger partial charge in [0.1, 0.15) is 9.71 Å². The number of fused-ring (bicyclic) bond motifs is 1. The zero-order chi connectivity index (χ0) is 15.1. The summed E-state index contributed by atoms with van der Waals surface area (Å²) in [6.07, 6.45) is 3.32. The molecule has 2 atom stereocenters. The quantitative estimate of drug-likeness (QED) is 0.876. The summed E-state index contributed by atoms with van der Waals surface area (Å²) in [4.78, 5) is 20.9. The SMILES string of the molecule is Cc1ccc2c(N)c(C(=O)N3[C@H](C)CCC[C@H]3C)sc2n1. The Morgan fingerprint density at radius 3 is 2.67 bits per heavy atom. The topological polar surface area (TPSA) is 59.2 Å². The molecular formula is C16H21N3OS. The highest BCUT2D eigenvalue weighted by atomic mass is 32.1. The maximum Gasteiger partial charge on any atom is 0.266 e. The van der Waals surface area contributed by atoms with Crippen molar-refractivity contribution in [1.29, 1.82) is 0 Å². The first kappa shape index (κ1) is 14.3. The van der Waals surface area contributed by atoms with Gasteiger partial charge in [0.25, 0.3) is 5.91 Å². The fourth-order valence-corrected chi connectivity index (χ4v) is 4.27. The van der Waals surface area contributed by atoms with Gasteiger partial charge in [-0.25, -0.2) is 4.98 Å². The lowest BCUT2D eigenvalue weighted by atomic mass is 9.97. The number of nitrogen functional groups attached to an aromatic ring is 1. The van der Waals surface area contributed by atoms with Gasteiger partial charge in [-0.05, 0) is 52.2 Å². The Morgan fingerprint density at radius 2 is 2.00 bits per heavy atom. The van der Waals surface area contributed by atoms with E-state index in [1.165, 1.54) is 17.8 Å². The Kier molecular flexibility index (Phi) is 3.61. The van der Waals surface area contributed by atoms with E-state index < -0.39 is 0 Å². The first-order valence-electron chi connectivity index (χ1n) is 7.47. The van der Waals surface area contributed by atoms with Crippen molar-refractivity contribution in [3.63, 3.8) is 0 Å². The van der Waals surface area contributed by atoms with E-state index in [1.807, 2.05) is 24.0 Å². The van der Waals surface area contributed by atoms with Crippen LogP contribution >= 0.6 is 11.3 Å². The molecular weight excluding hydrogens is 282 g/mol. The zero-order valence-electron chi connectivity index (χ0n) is 12.7. The first-order valence-corrected chi connectivity index (χ1v) is 8.29. The molecule has 2 N–H and O–H groups in total. The van der Waals surface area contributed by atoms with Crippen molar-refractivity contribution < 1.29 is 4.79 Å². The molecule has 5 heteroatoms. The molecule has 0 aromatic carbocycles. The molecule has 0 aliphatic carbocycles. The van der Waals surface area contributed by atoms with E-state index in [0.29, 0.717) is 10.6 Å². The molecule has 0 bridgehead atoms. The number of anilines is 1. The summed E-state index contributed by atoms with van der Waals surface area (Å²) in [5, 5.41) is 0.895. The second-order valence-corrected chi connectivity index (χ2v) is 6.99. The highest BCUT2D eigenvalue weighted by molar-refractivity contribution is 7.21. The molecule has 21 heavy (non-hydrogen) atoms. The van der Waals surface area contributed by atoms with Crippen LogP contribution < -0.4 is 5.73 Å². The average Bonchev–Trinajstić information content (AvgIpc) is 2.75. The van der Waals surface area contributed by atoms with E-state index in [-0.39, 0.29) is 18.0 Å². The fraction of sp³-hybridized carbons (Fsp3) is 0.500. The van der Waals surface area contributed by atoms with E-state index in [4.69, 9.17) is 5.73 Å². The smallest absolute Gasteiger partial charge is 0.266 e. The van der Waals surface area contributed by atoms with Crippen LogP contribution in [0, 0.1) is 6.92 Å². The molecule has 0 unspecified atom stereocenters. The lowest BCUT2D eigenvalue weighted by molar-refractivity contribution is 0.0517. The van der Waals surface area contributed by atoms with Crippen LogP contribution in [0.5, 0.6) is 0 Å². The van der Waals surface area contributed by atoms with Gasteiger partial charge < -0.3 is 10.6 Å². The van der Waals surface area contributed by atoms with E-state index in [0.717, 1.165) is 28.8 Å². The molecule has 2 aromatic heterocycles. The maximum absolute atomic E-state index is 12.9. The maximum atomic E-state index is 12.9. The van der Waals surface area contributed by atoms with Gasteiger partial charge in [-0.3, -0.25) is 4.79 Å². The molecule has 0 saturated carbocycles. The van der Waals surface area contributed by atoms with Crippen LogP contribution in [0.4, 0.5) is 5.69 Å². The highest BCUT2D eigenvalue weighted by Gasteiger charge is 2.32. The van der Waals surface area contributed by atoms with Gasteiger partial charge in [0, 0.05) is 23.2 Å². The van der Waals surface area contributed by atoms with Crippen LogP contribution in [0.3, 0.4) is 0 Å². The standard InChI is InChI=1S/C16H21N3OS/c1-9-7-8-12-13(17)14(21-15(12)18-9)16(20)19-10(2)5-4-6-11(19)3/h7-8,10-11H,4-6,17H2,1-3H3/t10-,11-/m1/s1. The lowest BCUT2D eigenvalue weighted by Crippen LogP contribution is -2.47. The van der Waals surface area contributed by atoms with Crippen molar-refractivity contribution >= 4 is 33.1 Å². The zero-order valence-corrected chi connectivity index (χ0v) is 13.5. The van der Waals surface area contributed by atoms with Gasteiger partial charge in [0.15, 0.2) is 0 Å². The van der Waals surface area contributed by atoms with E-state index >= 15 is 0 Å². The Bertz CT molecular complexity index is 684. The molecule has 2 aromatic rings. The molecule has 1 aliphatic rings. The Labute approximate surface area is 129 Å². The molecule has 0 spiro atoms. The largest absolute Gasteiger partial charge is 0.397 e. The first-order chi connectivity index (χ1) is 9.99. The second-order valence-electron chi connectivity index (χ2n) is 5.99. The van der Waals surface area contributed by atoms with Crippen molar-refractivity contribution in [3.05, 3.63) is 22.7 Å². The summed E-state index contributed by atoms with van der Waals surface area (Å²) < 4.78 is 0. The molecule has 1 fully saturated rings. The van der Waals surface area contributed by atoms with Crippen molar-refractivity contribution in [2.45, 2.75) is 52.1 Å². The molecule has 112 valence electrons. The number of nitrogens with zero attached hydrogens (tertiary/aromatic N) is 2. The van der Waals surface area contributed by atoms with Crippen LogP contribution in [0.25, 0.3) is 10.2 Å². The third-order valence-corrected chi connectivity index (χ3v) is 5.46. The van der Waals surface area contributed by atoms with E-state index in [9.17, 15) is 4.79 Å². The molecule has 1 saturated heterocycles. The number of thiophene rings is 1. The molecule has 4 nitrogen and oxygen atoms in total. The minimum absolute atomic E-state index is 0.0628. The number of rotatable bonds is 1. The minimum atomic E-state index is 0.0628. The summed E-state index contributed by atoms with van der Waals surface area (Å²) in [6.45, 7) is 6.20. The summed E-state index contributed by atoms with van der Waals surface area (Å²) in [6, 6.07) is 4.45. The van der Waals surface area contributed by atoms with Gasteiger partial charge in [-0.2, -0.15) is 0 Å². The number of likely N-dealkylation sites (tertiary alicyclic amines) is 1. The Balaban J connectivity index is 2.03. The summed E-state index contributed by atoms with van der Waals surface area (Å²) >= 11 is 1.42. The summed E-state index contributed by atoms with van der Waals surface area (Å²) in [5.41, 5.74) is 7.74. The predicted molar refractivity (Wildman–Crippen MR) is 87.7 cm³/mol. The number of pyridine rings is 1. The predicted octanol–water partition coefficient (Wildman–Crippen LogP) is 3.59. The number of hydrogen-bond donors (Lipinski definition) is 1. The van der Waals surface area contributed by atoms with Crippen LogP contribution in [0.2, 0.25) is 0 Å². The van der Waals surface area contributed by atoms with Gasteiger partial charge in [0.2, 0.25) is 0 Å². The molecule has 3 heterocycles. The van der Waals surface area contributed by atoms with Crippen LogP contribution in [0.1, 0.15) is 48.5 Å². The van der Waals surface area contributed by atoms with Crippen molar-refractivity contribution in [3.8, 4) is 0 Å². The number of carbonyl (C=O) groups is 1.